The second-order valence-corrected chi connectivity index (χ2v) is 9.69. The van der Waals surface area contributed by atoms with E-state index in [1.807, 2.05) is 72.0 Å². The number of hydrogen-bond acceptors (Lipinski definition) is 4. The number of rotatable bonds is 6. The number of aliphatic hydroxyl groups is 1. The van der Waals surface area contributed by atoms with Crippen LogP contribution in [0.25, 0.3) is 5.57 Å². The number of hydrogen-bond donors (Lipinski definition) is 3. The molecule has 162 valence electrons. The van der Waals surface area contributed by atoms with E-state index in [4.69, 9.17) is 0 Å². The summed E-state index contributed by atoms with van der Waals surface area (Å²) in [6, 6.07) is 8.01. The van der Waals surface area contributed by atoms with Crippen molar-refractivity contribution in [3.8, 4) is 0 Å². The lowest BCUT2D eigenvalue weighted by molar-refractivity contribution is -0.122. The second kappa shape index (κ2) is 9.00. The molecule has 3 N–H and O–H groups in total. The maximum atomic E-state index is 12.8. The van der Waals surface area contributed by atoms with Gasteiger partial charge < -0.3 is 15.7 Å². The highest BCUT2D eigenvalue weighted by atomic mass is 16.3. The van der Waals surface area contributed by atoms with Crippen LogP contribution < -0.4 is 10.6 Å². The fraction of sp³-hybridized carbons (Fsp3) is 0.440. The zero-order valence-electron chi connectivity index (χ0n) is 19.5. The number of nitrogens with zero attached hydrogens (tertiary/aromatic N) is 1. The molecule has 0 saturated heterocycles. The molecular weight excluding hydrogens is 374 g/mol. The molecule has 30 heavy (non-hydrogen) atoms. The van der Waals surface area contributed by atoms with Crippen LogP contribution in [0.5, 0.6) is 0 Å². The molecule has 0 saturated carbocycles. The molecule has 0 radical (unpaired) electrons. The molecule has 1 heterocycles. The molecule has 5 nitrogen and oxygen atoms in total. The first-order valence-corrected chi connectivity index (χ1v) is 10.3. The second-order valence-electron chi connectivity index (χ2n) is 9.69. The zero-order valence-corrected chi connectivity index (χ0v) is 19.5. The van der Waals surface area contributed by atoms with Crippen molar-refractivity contribution in [1.29, 1.82) is 0 Å². The average molecular weight is 410 g/mol. The topological polar surface area (TPSA) is 73.7 Å². The molecule has 0 unspecified atom stereocenters. The third-order valence-electron chi connectivity index (χ3n) is 4.72. The summed E-state index contributed by atoms with van der Waals surface area (Å²) in [5.41, 5.74) is 4.36. The van der Waals surface area contributed by atoms with Gasteiger partial charge >= 0.3 is 0 Å². The number of anilines is 1. The molecular formula is C25H35N3O2. The van der Waals surface area contributed by atoms with Gasteiger partial charge in [-0.3, -0.25) is 4.79 Å². The van der Waals surface area contributed by atoms with Crippen molar-refractivity contribution >= 4 is 22.9 Å². The monoisotopic (exact) mass is 409 g/mol. The van der Waals surface area contributed by atoms with Gasteiger partial charge in [0.25, 0.3) is 0 Å². The van der Waals surface area contributed by atoms with Gasteiger partial charge in [0.1, 0.15) is 5.84 Å². The average Bonchev–Trinajstić information content (AvgIpc) is 3.06. The molecule has 1 aromatic rings. The standard InChI is InChI=1S/C25H35N3O2/c1-16(2)21-20(22(29)24(4,5)6)14-27-23(21)26-13-17(3)18-10-9-11-19(12-18)28-15-25(7,8)30/h9-14,28,30H,15H2,1-8H3,(H,26,27)/b17-13+. The predicted octanol–water partition coefficient (Wildman–Crippen LogP) is 5.07. The molecule has 0 fully saturated rings. The lowest BCUT2D eigenvalue weighted by Gasteiger charge is -2.19. The molecule has 1 aromatic carbocycles. The number of carbonyl (C=O) groups is 1. The van der Waals surface area contributed by atoms with Gasteiger partial charge in [0, 0.05) is 41.2 Å². The van der Waals surface area contributed by atoms with Gasteiger partial charge in [-0.25, -0.2) is 4.99 Å². The van der Waals surface area contributed by atoms with Gasteiger partial charge in [-0.2, -0.15) is 0 Å². The van der Waals surface area contributed by atoms with Crippen LogP contribution in [-0.2, 0) is 4.79 Å². The SMILES string of the molecule is CC(C)=C1C(C(=O)C(C)(C)C)=CNC1=N/C=C(\C)c1cccc(NCC(C)(C)O)c1. The van der Waals surface area contributed by atoms with E-state index in [-0.39, 0.29) is 5.78 Å². The Morgan fingerprint density at radius 2 is 1.83 bits per heavy atom. The van der Waals surface area contributed by atoms with E-state index in [0.717, 1.165) is 28.0 Å². The number of amidine groups is 1. The zero-order chi connectivity index (χ0) is 22.7. The van der Waals surface area contributed by atoms with Crippen LogP contribution in [0.4, 0.5) is 5.69 Å². The highest BCUT2D eigenvalue weighted by molar-refractivity contribution is 6.18. The number of Topliss-reactive ketones (excluding diaryl/α,β-unsaturated/α-hetero) is 1. The summed E-state index contributed by atoms with van der Waals surface area (Å²) in [7, 11) is 0. The quantitative estimate of drug-likeness (QED) is 0.613. The van der Waals surface area contributed by atoms with Gasteiger partial charge in [-0.05, 0) is 57.9 Å². The first-order chi connectivity index (χ1) is 13.8. The number of carbonyl (C=O) groups excluding carboxylic acids is 1. The number of nitrogens with one attached hydrogen (secondary N) is 2. The molecule has 0 bridgehead atoms. The number of allylic oxidation sites excluding steroid dienone is 2. The van der Waals surface area contributed by atoms with Gasteiger partial charge in [0.15, 0.2) is 5.78 Å². The maximum Gasteiger partial charge on any atom is 0.170 e. The van der Waals surface area contributed by atoms with Gasteiger partial charge in [-0.15, -0.1) is 0 Å². The third kappa shape index (κ3) is 6.17. The highest BCUT2D eigenvalue weighted by Crippen LogP contribution is 2.29. The summed E-state index contributed by atoms with van der Waals surface area (Å²) in [6.45, 7) is 15.8. The molecule has 0 aliphatic carbocycles. The van der Waals surface area contributed by atoms with E-state index in [9.17, 15) is 9.90 Å². The van der Waals surface area contributed by atoms with Gasteiger partial charge in [0.2, 0.25) is 0 Å². The van der Waals surface area contributed by atoms with Crippen LogP contribution in [0.15, 0.2) is 58.4 Å². The van der Waals surface area contributed by atoms with Crippen molar-refractivity contribution in [2.24, 2.45) is 10.4 Å². The molecule has 0 aromatic heterocycles. The Kier molecular flexibility index (Phi) is 7.09. The Bertz CT molecular complexity index is 932. The van der Waals surface area contributed by atoms with Crippen LogP contribution in [0, 0.1) is 5.41 Å². The Labute approximate surface area is 180 Å². The van der Waals surface area contributed by atoms with Crippen molar-refractivity contribution in [1.82, 2.24) is 5.32 Å². The van der Waals surface area contributed by atoms with Crippen molar-refractivity contribution < 1.29 is 9.90 Å². The fourth-order valence-electron chi connectivity index (χ4n) is 3.03. The van der Waals surface area contributed by atoms with E-state index in [2.05, 4.69) is 15.6 Å². The number of aliphatic imine (C=N–C) groups is 1. The molecule has 0 atom stereocenters. The largest absolute Gasteiger partial charge is 0.389 e. The molecule has 1 aliphatic rings. The van der Waals surface area contributed by atoms with E-state index in [0.29, 0.717) is 18.0 Å². The van der Waals surface area contributed by atoms with Crippen molar-refractivity contribution in [2.45, 2.75) is 61.0 Å². The summed E-state index contributed by atoms with van der Waals surface area (Å²) >= 11 is 0. The summed E-state index contributed by atoms with van der Waals surface area (Å²) in [5.74, 6) is 0.793. The lowest BCUT2D eigenvalue weighted by atomic mass is 9.83. The highest BCUT2D eigenvalue weighted by Gasteiger charge is 2.32. The summed E-state index contributed by atoms with van der Waals surface area (Å²) in [5, 5.41) is 16.3. The molecule has 1 aliphatic heterocycles. The summed E-state index contributed by atoms with van der Waals surface area (Å²) < 4.78 is 0. The predicted molar refractivity (Wildman–Crippen MR) is 126 cm³/mol. The third-order valence-corrected chi connectivity index (χ3v) is 4.72. The van der Waals surface area contributed by atoms with Crippen LogP contribution in [0.2, 0.25) is 0 Å². The van der Waals surface area contributed by atoms with Crippen LogP contribution in [0.3, 0.4) is 0 Å². The van der Waals surface area contributed by atoms with Crippen LogP contribution in [-0.4, -0.2) is 28.9 Å². The Balaban J connectivity index is 2.26. The Hall–Kier alpha value is -2.66. The van der Waals surface area contributed by atoms with Crippen LogP contribution >= 0.6 is 0 Å². The van der Waals surface area contributed by atoms with E-state index < -0.39 is 11.0 Å². The minimum Gasteiger partial charge on any atom is -0.389 e. The summed E-state index contributed by atoms with van der Waals surface area (Å²) in [6.07, 6.45) is 3.58. The van der Waals surface area contributed by atoms with Crippen molar-refractivity contribution in [2.75, 3.05) is 11.9 Å². The number of ketones is 1. The fourth-order valence-corrected chi connectivity index (χ4v) is 3.03. The molecule has 0 amide bonds. The Morgan fingerprint density at radius 3 is 2.40 bits per heavy atom. The van der Waals surface area contributed by atoms with Crippen molar-refractivity contribution in [3.63, 3.8) is 0 Å². The van der Waals surface area contributed by atoms with E-state index >= 15 is 0 Å². The minimum absolute atomic E-state index is 0.0997. The normalized spacial score (nSPS) is 16.4. The van der Waals surface area contributed by atoms with E-state index in [1.54, 1.807) is 20.0 Å². The smallest absolute Gasteiger partial charge is 0.170 e. The minimum atomic E-state index is -0.781. The van der Waals surface area contributed by atoms with Crippen molar-refractivity contribution in [3.05, 3.63) is 58.9 Å². The molecule has 5 heteroatoms. The lowest BCUT2D eigenvalue weighted by Crippen LogP contribution is -2.29. The first-order valence-electron chi connectivity index (χ1n) is 10.3. The summed E-state index contributed by atoms with van der Waals surface area (Å²) in [4.78, 5) is 17.5. The Morgan fingerprint density at radius 1 is 1.17 bits per heavy atom. The van der Waals surface area contributed by atoms with Gasteiger partial charge in [-0.1, -0.05) is 38.5 Å². The van der Waals surface area contributed by atoms with Crippen LogP contribution in [0.1, 0.15) is 61.0 Å². The first kappa shape index (κ1) is 23.6. The number of benzene rings is 1. The molecule has 0 spiro atoms. The van der Waals surface area contributed by atoms with Gasteiger partial charge in [0.05, 0.1) is 5.60 Å². The molecule has 2 rings (SSSR count). The maximum absolute atomic E-state index is 12.8. The van der Waals surface area contributed by atoms with E-state index in [1.165, 1.54) is 0 Å².